The number of hydrogen-bond donors (Lipinski definition) is 0. The van der Waals surface area contributed by atoms with E-state index in [-0.39, 0.29) is 11.9 Å². The van der Waals surface area contributed by atoms with Gasteiger partial charge in [0.2, 0.25) is 15.9 Å². The lowest BCUT2D eigenvalue weighted by molar-refractivity contribution is -0.132. The van der Waals surface area contributed by atoms with Gasteiger partial charge in [-0.15, -0.1) is 0 Å². The Kier molecular flexibility index (Phi) is 7.15. The van der Waals surface area contributed by atoms with E-state index < -0.39 is 10.0 Å². The van der Waals surface area contributed by atoms with Crippen molar-refractivity contribution in [2.75, 3.05) is 19.6 Å². The molecule has 0 N–H and O–H groups in total. The number of carbonyl (C=O) groups excluding carboxylic acids is 1. The minimum absolute atomic E-state index is 0.116. The van der Waals surface area contributed by atoms with Crippen molar-refractivity contribution >= 4 is 26.7 Å². The molecule has 1 amide bonds. The van der Waals surface area contributed by atoms with Gasteiger partial charge in [0.15, 0.2) is 0 Å². The zero-order chi connectivity index (χ0) is 23.4. The van der Waals surface area contributed by atoms with Crippen LogP contribution in [0.4, 0.5) is 0 Å². The van der Waals surface area contributed by atoms with E-state index >= 15 is 0 Å². The zero-order valence-corrected chi connectivity index (χ0v) is 20.2. The van der Waals surface area contributed by atoms with Crippen LogP contribution in [0.5, 0.6) is 0 Å². The van der Waals surface area contributed by atoms with Crippen molar-refractivity contribution < 1.29 is 13.2 Å². The van der Waals surface area contributed by atoms with Crippen LogP contribution in [-0.2, 0) is 21.2 Å². The van der Waals surface area contributed by atoms with E-state index in [1.54, 1.807) is 12.1 Å². The number of carbonyl (C=O) groups is 1. The summed E-state index contributed by atoms with van der Waals surface area (Å²) in [6, 6.07) is 21.8. The Balaban J connectivity index is 1.44. The van der Waals surface area contributed by atoms with Crippen LogP contribution in [0.15, 0.2) is 71.6 Å². The Morgan fingerprint density at radius 3 is 2.39 bits per heavy atom. The molecule has 5 nitrogen and oxygen atoms in total. The molecule has 6 heteroatoms. The van der Waals surface area contributed by atoms with Gasteiger partial charge in [-0.25, -0.2) is 8.42 Å². The number of likely N-dealkylation sites (tertiary alicyclic amines) is 1. The largest absolute Gasteiger partial charge is 0.336 e. The van der Waals surface area contributed by atoms with Crippen molar-refractivity contribution in [2.45, 2.75) is 50.5 Å². The van der Waals surface area contributed by atoms with E-state index in [4.69, 9.17) is 0 Å². The van der Waals surface area contributed by atoms with Gasteiger partial charge >= 0.3 is 0 Å². The van der Waals surface area contributed by atoms with Crippen LogP contribution in [0.25, 0.3) is 10.8 Å². The summed E-state index contributed by atoms with van der Waals surface area (Å²) in [5.41, 5.74) is 2.20. The topological polar surface area (TPSA) is 57.7 Å². The Morgan fingerprint density at radius 2 is 1.67 bits per heavy atom. The van der Waals surface area contributed by atoms with Gasteiger partial charge < -0.3 is 4.90 Å². The molecule has 1 aliphatic heterocycles. The molecule has 1 unspecified atom stereocenters. The van der Waals surface area contributed by atoms with Crippen molar-refractivity contribution in [3.8, 4) is 0 Å². The molecular formula is C27H32N2O3S. The van der Waals surface area contributed by atoms with E-state index in [2.05, 4.69) is 36.4 Å². The van der Waals surface area contributed by atoms with Gasteiger partial charge in [-0.2, -0.15) is 4.31 Å². The van der Waals surface area contributed by atoms with Crippen LogP contribution >= 0.6 is 0 Å². The number of sulfonamides is 1. The average Bonchev–Trinajstić information content (AvgIpc) is 3.33. The monoisotopic (exact) mass is 464 g/mol. The predicted molar refractivity (Wildman–Crippen MR) is 133 cm³/mol. The third kappa shape index (κ3) is 4.82. The van der Waals surface area contributed by atoms with Crippen LogP contribution in [0.2, 0.25) is 0 Å². The summed E-state index contributed by atoms with van der Waals surface area (Å²) in [6.07, 6.45) is 3.02. The number of aryl methyl sites for hydroxylation is 1. The molecule has 1 aliphatic rings. The molecular weight excluding hydrogens is 432 g/mol. The maximum absolute atomic E-state index is 13.2. The second-order valence-electron chi connectivity index (χ2n) is 8.55. The Morgan fingerprint density at radius 1 is 0.970 bits per heavy atom. The van der Waals surface area contributed by atoms with Crippen LogP contribution < -0.4 is 0 Å². The standard InChI is InChI=1S/C27H32N2O3S/c1-3-28(4-2)33(31,32)23-17-14-21(15-18-23)16-19-27(30)29-20-8-13-26(29)25-12-7-10-22-9-5-6-11-24(22)25/h5-7,9-12,14-15,17-18,26H,3-4,8,13,16,19-20H2,1-2H3. The zero-order valence-electron chi connectivity index (χ0n) is 19.4. The van der Waals surface area contributed by atoms with Crippen molar-refractivity contribution in [1.29, 1.82) is 0 Å². The summed E-state index contributed by atoms with van der Waals surface area (Å²) in [7, 11) is -3.46. The average molecular weight is 465 g/mol. The molecule has 0 bridgehead atoms. The summed E-state index contributed by atoms with van der Waals surface area (Å²) in [6.45, 7) is 5.36. The summed E-state index contributed by atoms with van der Waals surface area (Å²) < 4.78 is 26.8. The van der Waals surface area contributed by atoms with E-state index in [1.807, 2.05) is 36.9 Å². The SMILES string of the molecule is CCN(CC)S(=O)(=O)c1ccc(CCC(=O)N2CCCC2c2cccc3ccccc23)cc1. The summed E-state index contributed by atoms with van der Waals surface area (Å²) >= 11 is 0. The maximum atomic E-state index is 13.2. The molecule has 1 heterocycles. The highest BCUT2D eigenvalue weighted by atomic mass is 32.2. The van der Waals surface area contributed by atoms with Crippen LogP contribution in [0.1, 0.15) is 50.3 Å². The smallest absolute Gasteiger partial charge is 0.243 e. The van der Waals surface area contributed by atoms with Gasteiger partial charge in [0.25, 0.3) is 0 Å². The first-order valence-electron chi connectivity index (χ1n) is 11.8. The van der Waals surface area contributed by atoms with E-state index in [9.17, 15) is 13.2 Å². The number of amides is 1. The highest BCUT2D eigenvalue weighted by molar-refractivity contribution is 7.89. The van der Waals surface area contributed by atoms with Crippen molar-refractivity contribution in [3.05, 3.63) is 77.9 Å². The van der Waals surface area contributed by atoms with Crippen LogP contribution in [-0.4, -0.2) is 43.2 Å². The van der Waals surface area contributed by atoms with Gasteiger partial charge in [0.1, 0.15) is 0 Å². The molecule has 1 atom stereocenters. The molecule has 3 aromatic carbocycles. The highest BCUT2D eigenvalue weighted by Gasteiger charge is 2.30. The first-order valence-corrected chi connectivity index (χ1v) is 13.3. The lowest BCUT2D eigenvalue weighted by atomic mass is 9.97. The number of benzene rings is 3. The Hall–Kier alpha value is -2.70. The first-order chi connectivity index (χ1) is 16.0. The summed E-state index contributed by atoms with van der Waals surface area (Å²) in [4.78, 5) is 15.5. The predicted octanol–water partition coefficient (Wildman–Crippen LogP) is 5.17. The fourth-order valence-corrected chi connectivity index (χ4v) is 6.32. The van der Waals surface area contributed by atoms with Crippen LogP contribution in [0, 0.1) is 0 Å². The number of nitrogens with zero attached hydrogens (tertiary/aromatic N) is 2. The van der Waals surface area contributed by atoms with Crippen molar-refractivity contribution in [2.24, 2.45) is 0 Å². The third-order valence-corrected chi connectivity index (χ3v) is 8.71. The fraction of sp³-hybridized carbons (Fsp3) is 0.370. The molecule has 0 aliphatic carbocycles. The van der Waals surface area contributed by atoms with E-state index in [0.717, 1.165) is 24.9 Å². The van der Waals surface area contributed by atoms with Gasteiger partial charge in [-0.3, -0.25) is 4.79 Å². The van der Waals surface area contributed by atoms with Gasteiger partial charge in [-0.05, 0) is 53.3 Å². The fourth-order valence-electron chi connectivity index (χ4n) is 4.87. The number of rotatable bonds is 8. The van der Waals surface area contributed by atoms with Gasteiger partial charge in [-0.1, -0.05) is 68.4 Å². The molecule has 0 saturated carbocycles. The molecule has 1 fully saturated rings. The number of hydrogen-bond acceptors (Lipinski definition) is 3. The quantitative estimate of drug-likeness (QED) is 0.462. The Bertz CT molecular complexity index is 1210. The third-order valence-electron chi connectivity index (χ3n) is 6.65. The Labute approximate surface area is 197 Å². The minimum Gasteiger partial charge on any atom is -0.336 e. The second kappa shape index (κ2) is 10.1. The maximum Gasteiger partial charge on any atom is 0.243 e. The lowest BCUT2D eigenvalue weighted by Crippen LogP contribution is -2.31. The minimum atomic E-state index is -3.46. The second-order valence-corrected chi connectivity index (χ2v) is 10.5. The molecule has 174 valence electrons. The van der Waals surface area contributed by atoms with Crippen LogP contribution in [0.3, 0.4) is 0 Å². The molecule has 0 spiro atoms. The summed E-state index contributed by atoms with van der Waals surface area (Å²) in [5, 5.41) is 2.42. The molecule has 3 aromatic rings. The lowest BCUT2D eigenvalue weighted by Gasteiger charge is -2.26. The summed E-state index contributed by atoms with van der Waals surface area (Å²) in [5.74, 6) is 0.158. The molecule has 33 heavy (non-hydrogen) atoms. The normalized spacial score (nSPS) is 16.6. The van der Waals surface area contributed by atoms with E-state index in [1.165, 1.54) is 20.6 Å². The molecule has 0 aromatic heterocycles. The van der Waals surface area contributed by atoms with Gasteiger partial charge in [0, 0.05) is 26.1 Å². The molecule has 0 radical (unpaired) electrons. The van der Waals surface area contributed by atoms with Crippen molar-refractivity contribution in [1.82, 2.24) is 9.21 Å². The molecule has 1 saturated heterocycles. The number of fused-ring (bicyclic) bond motifs is 1. The van der Waals surface area contributed by atoms with Gasteiger partial charge in [0.05, 0.1) is 10.9 Å². The highest BCUT2D eigenvalue weighted by Crippen LogP contribution is 2.36. The van der Waals surface area contributed by atoms with Crippen molar-refractivity contribution in [3.63, 3.8) is 0 Å². The molecule has 4 rings (SSSR count). The van der Waals surface area contributed by atoms with E-state index in [0.29, 0.717) is 30.8 Å². The first kappa shape index (κ1) is 23.5.